The predicted octanol–water partition coefficient (Wildman–Crippen LogP) is 3.02. The standard InChI is InChI=1S/C26H30N6O2/c33-26(19-1-2-19)32-11-9-31(10-12-32)17-18-13-20-3-5-22(14-24(20)27-15-18)34-25-6-4-21(16-28-25)23-7-8-29-30-23/h3-6,13-16,19,23,29-30H,1-2,7-12,17H2. The van der Waals surface area contributed by atoms with Crippen molar-refractivity contribution in [1.82, 2.24) is 30.6 Å². The summed E-state index contributed by atoms with van der Waals surface area (Å²) in [5.41, 5.74) is 9.64. The van der Waals surface area contributed by atoms with Crippen molar-refractivity contribution in [2.45, 2.75) is 31.8 Å². The van der Waals surface area contributed by atoms with Gasteiger partial charge in [0.1, 0.15) is 5.75 Å². The number of hydrogen-bond donors (Lipinski definition) is 2. The van der Waals surface area contributed by atoms with E-state index in [1.165, 1.54) is 5.56 Å². The number of fused-ring (bicyclic) bond motifs is 1. The molecule has 2 aromatic heterocycles. The van der Waals surface area contributed by atoms with Gasteiger partial charge < -0.3 is 9.64 Å². The fourth-order valence-corrected chi connectivity index (χ4v) is 4.78. The lowest BCUT2D eigenvalue weighted by molar-refractivity contribution is -0.134. The van der Waals surface area contributed by atoms with Crippen molar-refractivity contribution in [3.05, 3.63) is 59.9 Å². The number of carbonyl (C=O) groups is 1. The van der Waals surface area contributed by atoms with Gasteiger partial charge in [-0.2, -0.15) is 0 Å². The second-order valence-electron chi connectivity index (χ2n) is 9.52. The second-order valence-corrected chi connectivity index (χ2v) is 9.52. The molecule has 3 fully saturated rings. The van der Waals surface area contributed by atoms with Crippen molar-refractivity contribution in [3.63, 3.8) is 0 Å². The molecule has 1 unspecified atom stereocenters. The third-order valence-corrected chi connectivity index (χ3v) is 6.95. The number of hydrogen-bond acceptors (Lipinski definition) is 7. The molecule has 4 heterocycles. The molecular formula is C26H30N6O2. The lowest BCUT2D eigenvalue weighted by Gasteiger charge is -2.34. The van der Waals surface area contributed by atoms with Crippen LogP contribution in [0.2, 0.25) is 0 Å². The number of benzene rings is 1. The Morgan fingerprint density at radius 2 is 1.88 bits per heavy atom. The minimum absolute atomic E-state index is 0.301. The van der Waals surface area contributed by atoms with Crippen molar-refractivity contribution >= 4 is 16.8 Å². The monoisotopic (exact) mass is 458 g/mol. The van der Waals surface area contributed by atoms with E-state index in [1.54, 1.807) is 0 Å². The highest BCUT2D eigenvalue weighted by atomic mass is 16.5. The fraction of sp³-hybridized carbons (Fsp3) is 0.423. The summed E-state index contributed by atoms with van der Waals surface area (Å²) in [4.78, 5) is 25.9. The van der Waals surface area contributed by atoms with Gasteiger partial charge in [-0.15, -0.1) is 0 Å². The maximum absolute atomic E-state index is 12.3. The molecule has 176 valence electrons. The summed E-state index contributed by atoms with van der Waals surface area (Å²) in [6.45, 7) is 5.33. The summed E-state index contributed by atoms with van der Waals surface area (Å²) >= 11 is 0. The normalized spacial score (nSPS) is 21.2. The Kier molecular flexibility index (Phi) is 5.86. The van der Waals surface area contributed by atoms with Crippen molar-refractivity contribution in [1.29, 1.82) is 0 Å². The van der Waals surface area contributed by atoms with Gasteiger partial charge in [0.25, 0.3) is 0 Å². The Bertz CT molecular complexity index is 1170. The van der Waals surface area contributed by atoms with E-state index < -0.39 is 0 Å². The molecule has 2 saturated heterocycles. The van der Waals surface area contributed by atoms with E-state index in [0.717, 1.165) is 80.7 Å². The number of nitrogens with one attached hydrogen (secondary N) is 2. The van der Waals surface area contributed by atoms with Crippen LogP contribution in [0.15, 0.2) is 48.8 Å². The molecule has 6 rings (SSSR count). The van der Waals surface area contributed by atoms with Crippen LogP contribution in [0, 0.1) is 5.92 Å². The van der Waals surface area contributed by atoms with E-state index in [0.29, 0.717) is 23.7 Å². The molecule has 2 aliphatic heterocycles. The summed E-state index contributed by atoms with van der Waals surface area (Å²) in [6.07, 6.45) is 7.02. The molecule has 0 spiro atoms. The van der Waals surface area contributed by atoms with Gasteiger partial charge in [-0.25, -0.2) is 4.98 Å². The van der Waals surface area contributed by atoms with Gasteiger partial charge in [-0.3, -0.25) is 25.5 Å². The van der Waals surface area contributed by atoms with Gasteiger partial charge in [-0.1, -0.05) is 6.07 Å². The van der Waals surface area contributed by atoms with Crippen LogP contribution in [0.25, 0.3) is 10.9 Å². The summed E-state index contributed by atoms with van der Waals surface area (Å²) in [6, 6.07) is 12.4. The van der Waals surface area contributed by atoms with Crippen molar-refractivity contribution < 1.29 is 9.53 Å². The Hall–Kier alpha value is -3.07. The number of piperazine rings is 1. The van der Waals surface area contributed by atoms with Crippen LogP contribution < -0.4 is 15.6 Å². The maximum atomic E-state index is 12.3. The lowest BCUT2D eigenvalue weighted by Crippen LogP contribution is -2.48. The number of nitrogens with zero attached hydrogens (tertiary/aromatic N) is 4. The number of aromatic nitrogens is 2. The average molecular weight is 459 g/mol. The molecule has 2 N–H and O–H groups in total. The molecule has 0 radical (unpaired) electrons. The maximum Gasteiger partial charge on any atom is 0.225 e. The minimum Gasteiger partial charge on any atom is -0.439 e. The quantitative estimate of drug-likeness (QED) is 0.588. The number of hydrazine groups is 1. The number of carbonyl (C=O) groups excluding carboxylic acids is 1. The Morgan fingerprint density at radius 3 is 2.62 bits per heavy atom. The first-order valence-electron chi connectivity index (χ1n) is 12.2. The molecule has 34 heavy (non-hydrogen) atoms. The molecule has 1 amide bonds. The molecule has 8 heteroatoms. The largest absolute Gasteiger partial charge is 0.439 e. The van der Waals surface area contributed by atoms with Crippen LogP contribution in [0.5, 0.6) is 11.6 Å². The molecular weight excluding hydrogens is 428 g/mol. The summed E-state index contributed by atoms with van der Waals surface area (Å²) in [5, 5.41) is 1.09. The van der Waals surface area contributed by atoms with Gasteiger partial charge in [0, 0.05) is 81.1 Å². The number of pyridine rings is 2. The summed E-state index contributed by atoms with van der Waals surface area (Å²) in [7, 11) is 0. The van der Waals surface area contributed by atoms with Crippen molar-refractivity contribution in [3.8, 4) is 11.6 Å². The molecule has 1 atom stereocenters. The predicted molar refractivity (Wildman–Crippen MR) is 129 cm³/mol. The minimum atomic E-state index is 0.301. The smallest absolute Gasteiger partial charge is 0.225 e. The van der Waals surface area contributed by atoms with Crippen LogP contribution in [0.3, 0.4) is 0 Å². The zero-order valence-electron chi connectivity index (χ0n) is 19.2. The lowest BCUT2D eigenvalue weighted by atomic mass is 10.1. The number of amides is 1. The van der Waals surface area contributed by atoms with Gasteiger partial charge >= 0.3 is 0 Å². The average Bonchev–Trinajstić information content (AvgIpc) is 3.58. The van der Waals surface area contributed by atoms with Crippen LogP contribution in [-0.2, 0) is 11.3 Å². The van der Waals surface area contributed by atoms with E-state index >= 15 is 0 Å². The molecule has 1 saturated carbocycles. The highest BCUT2D eigenvalue weighted by molar-refractivity contribution is 5.81. The second kappa shape index (κ2) is 9.29. The van der Waals surface area contributed by atoms with Gasteiger partial charge in [-0.05, 0) is 48.6 Å². The topological polar surface area (TPSA) is 82.6 Å². The highest BCUT2D eigenvalue weighted by Gasteiger charge is 2.34. The first-order chi connectivity index (χ1) is 16.7. The van der Waals surface area contributed by atoms with E-state index in [4.69, 9.17) is 4.74 Å². The van der Waals surface area contributed by atoms with E-state index in [-0.39, 0.29) is 0 Å². The third-order valence-electron chi connectivity index (χ3n) is 6.95. The van der Waals surface area contributed by atoms with Crippen molar-refractivity contribution in [2.24, 2.45) is 5.92 Å². The number of ether oxygens (including phenoxy) is 1. The molecule has 1 aromatic carbocycles. The van der Waals surface area contributed by atoms with Gasteiger partial charge in [0.15, 0.2) is 0 Å². The van der Waals surface area contributed by atoms with Gasteiger partial charge in [0.2, 0.25) is 11.8 Å². The SMILES string of the molecule is O=C(C1CC1)N1CCN(Cc2cnc3cc(Oc4ccc(C5CCNN5)cn4)ccc3c2)CC1. The van der Waals surface area contributed by atoms with E-state index in [9.17, 15) is 4.79 Å². The Balaban J connectivity index is 1.07. The molecule has 8 nitrogen and oxygen atoms in total. The molecule has 1 aliphatic carbocycles. The van der Waals surface area contributed by atoms with Crippen LogP contribution in [-0.4, -0.2) is 58.4 Å². The first kappa shape index (κ1) is 21.5. The van der Waals surface area contributed by atoms with Crippen LogP contribution in [0.1, 0.15) is 36.4 Å². The summed E-state index contributed by atoms with van der Waals surface area (Å²) in [5.74, 6) is 1.97. The van der Waals surface area contributed by atoms with Crippen LogP contribution >= 0.6 is 0 Å². The Morgan fingerprint density at radius 1 is 1.00 bits per heavy atom. The van der Waals surface area contributed by atoms with Gasteiger partial charge in [0.05, 0.1) is 5.52 Å². The fourth-order valence-electron chi connectivity index (χ4n) is 4.78. The third kappa shape index (κ3) is 4.75. The Labute approximate surface area is 199 Å². The van der Waals surface area contributed by atoms with Crippen LogP contribution in [0.4, 0.5) is 0 Å². The molecule has 3 aromatic rings. The first-order valence-corrected chi connectivity index (χ1v) is 12.2. The zero-order chi connectivity index (χ0) is 22.9. The van der Waals surface area contributed by atoms with E-state index in [2.05, 4.69) is 43.9 Å². The highest BCUT2D eigenvalue weighted by Crippen LogP contribution is 2.31. The van der Waals surface area contributed by atoms with Crippen molar-refractivity contribution in [2.75, 3.05) is 32.7 Å². The summed E-state index contributed by atoms with van der Waals surface area (Å²) < 4.78 is 5.98. The molecule has 3 aliphatic rings. The molecule has 0 bridgehead atoms. The zero-order valence-corrected chi connectivity index (χ0v) is 19.2. The number of rotatable bonds is 6. The van der Waals surface area contributed by atoms with E-state index in [1.807, 2.05) is 35.5 Å².